The number of ether oxygens (including phenoxy) is 1. The van der Waals surface area contributed by atoms with Crippen LogP contribution in [0, 0.1) is 0 Å². The van der Waals surface area contributed by atoms with Gasteiger partial charge in [-0.3, -0.25) is 4.79 Å². The average molecular weight is 225 g/mol. The first-order valence-electron chi connectivity index (χ1n) is 4.95. The normalized spacial score (nSPS) is 9.88. The van der Waals surface area contributed by atoms with E-state index in [9.17, 15) is 9.90 Å². The van der Waals surface area contributed by atoms with Gasteiger partial charge in [-0.1, -0.05) is 0 Å². The van der Waals surface area contributed by atoms with Gasteiger partial charge in [0.15, 0.2) is 11.5 Å². The second-order valence-electron chi connectivity index (χ2n) is 3.22. The van der Waals surface area contributed by atoms with Gasteiger partial charge in [0.2, 0.25) is 0 Å². The van der Waals surface area contributed by atoms with Crippen LogP contribution in [0.1, 0.15) is 16.8 Å². The van der Waals surface area contributed by atoms with Crippen molar-refractivity contribution in [3.63, 3.8) is 0 Å². The van der Waals surface area contributed by atoms with Gasteiger partial charge in [0.25, 0.3) is 5.91 Å². The zero-order chi connectivity index (χ0) is 12.0. The van der Waals surface area contributed by atoms with Crippen LogP contribution < -0.4 is 10.1 Å². The molecule has 5 nitrogen and oxygen atoms in total. The lowest BCUT2D eigenvalue weighted by atomic mass is 10.2. The van der Waals surface area contributed by atoms with E-state index in [0.29, 0.717) is 24.3 Å². The van der Waals surface area contributed by atoms with E-state index in [1.807, 2.05) is 0 Å². The number of carbonyl (C=O) groups is 1. The number of phenols is 1. The Hall–Kier alpha value is -1.75. The lowest BCUT2D eigenvalue weighted by Crippen LogP contribution is -2.24. The molecule has 0 radical (unpaired) electrons. The van der Waals surface area contributed by atoms with Gasteiger partial charge in [0.1, 0.15) is 0 Å². The van der Waals surface area contributed by atoms with Crippen molar-refractivity contribution in [1.82, 2.24) is 5.32 Å². The fraction of sp³-hybridized carbons (Fsp3) is 0.364. The van der Waals surface area contributed by atoms with Crippen LogP contribution in [0.5, 0.6) is 11.5 Å². The third kappa shape index (κ3) is 3.13. The summed E-state index contributed by atoms with van der Waals surface area (Å²) in [7, 11) is 1.44. The number of rotatable bonds is 5. The van der Waals surface area contributed by atoms with Crippen LogP contribution >= 0.6 is 0 Å². The van der Waals surface area contributed by atoms with Gasteiger partial charge in [-0.25, -0.2) is 0 Å². The number of hydrogen-bond donors (Lipinski definition) is 3. The van der Waals surface area contributed by atoms with Gasteiger partial charge in [0.05, 0.1) is 7.11 Å². The van der Waals surface area contributed by atoms with E-state index in [4.69, 9.17) is 9.84 Å². The topological polar surface area (TPSA) is 78.8 Å². The fourth-order valence-electron chi connectivity index (χ4n) is 1.21. The van der Waals surface area contributed by atoms with Crippen LogP contribution in [0.4, 0.5) is 0 Å². The number of aromatic hydroxyl groups is 1. The summed E-state index contributed by atoms with van der Waals surface area (Å²) in [4.78, 5) is 11.5. The van der Waals surface area contributed by atoms with Crippen LogP contribution in [-0.2, 0) is 0 Å². The number of carbonyl (C=O) groups excluding carboxylic acids is 1. The molecule has 88 valence electrons. The Morgan fingerprint density at radius 1 is 1.50 bits per heavy atom. The third-order valence-corrected chi connectivity index (χ3v) is 2.06. The minimum absolute atomic E-state index is 0.0359. The standard InChI is InChI=1S/C11H15NO4/c1-16-10-4-3-8(7-9(10)14)11(15)12-5-2-6-13/h3-4,7,13-14H,2,5-6H2,1H3,(H,12,15). The molecule has 0 atom stereocenters. The molecule has 0 bridgehead atoms. The van der Waals surface area contributed by atoms with E-state index >= 15 is 0 Å². The molecule has 0 unspecified atom stereocenters. The third-order valence-electron chi connectivity index (χ3n) is 2.06. The summed E-state index contributed by atoms with van der Waals surface area (Å²) in [5.41, 5.74) is 0.358. The summed E-state index contributed by atoms with van der Waals surface area (Å²) in [6.07, 6.45) is 0.508. The van der Waals surface area contributed by atoms with E-state index in [1.54, 1.807) is 6.07 Å². The highest BCUT2D eigenvalue weighted by atomic mass is 16.5. The first-order valence-corrected chi connectivity index (χ1v) is 4.95. The highest BCUT2D eigenvalue weighted by molar-refractivity contribution is 5.94. The Balaban J connectivity index is 2.66. The second kappa shape index (κ2) is 5.97. The van der Waals surface area contributed by atoms with Gasteiger partial charge in [-0.05, 0) is 24.6 Å². The molecule has 16 heavy (non-hydrogen) atoms. The Bertz CT molecular complexity index is 365. The number of methoxy groups -OCH3 is 1. The van der Waals surface area contributed by atoms with Crippen LogP contribution in [0.25, 0.3) is 0 Å². The SMILES string of the molecule is COc1ccc(C(=O)NCCCO)cc1O. The quantitative estimate of drug-likeness (QED) is 0.638. The van der Waals surface area contributed by atoms with Crippen LogP contribution in [0.3, 0.4) is 0 Å². The molecule has 1 aromatic rings. The molecule has 1 rings (SSSR count). The molecule has 0 fully saturated rings. The van der Waals surface area contributed by atoms with E-state index in [1.165, 1.54) is 19.2 Å². The summed E-state index contributed by atoms with van der Waals surface area (Å²) in [5.74, 6) is -0.0318. The Kier molecular flexibility index (Phi) is 4.60. The van der Waals surface area contributed by atoms with E-state index in [0.717, 1.165) is 0 Å². The molecule has 0 spiro atoms. The molecule has 0 aliphatic carbocycles. The molecule has 0 heterocycles. The highest BCUT2D eigenvalue weighted by Crippen LogP contribution is 2.25. The molecule has 0 aliphatic heterocycles. The highest BCUT2D eigenvalue weighted by Gasteiger charge is 2.08. The van der Waals surface area contributed by atoms with Gasteiger partial charge >= 0.3 is 0 Å². The van der Waals surface area contributed by atoms with Gasteiger partial charge in [-0.15, -0.1) is 0 Å². The smallest absolute Gasteiger partial charge is 0.251 e. The number of aliphatic hydroxyl groups is 1. The Morgan fingerprint density at radius 2 is 2.25 bits per heavy atom. The van der Waals surface area contributed by atoms with E-state index < -0.39 is 0 Å². The zero-order valence-electron chi connectivity index (χ0n) is 9.06. The molecular weight excluding hydrogens is 210 g/mol. The fourth-order valence-corrected chi connectivity index (χ4v) is 1.21. The largest absolute Gasteiger partial charge is 0.504 e. The maximum atomic E-state index is 11.5. The van der Waals surface area contributed by atoms with Crippen LogP contribution in [0.2, 0.25) is 0 Å². The molecular formula is C11H15NO4. The first kappa shape index (κ1) is 12.3. The minimum Gasteiger partial charge on any atom is -0.504 e. The van der Waals surface area contributed by atoms with Crippen molar-refractivity contribution in [3.8, 4) is 11.5 Å². The number of benzene rings is 1. The van der Waals surface area contributed by atoms with Crippen LogP contribution in [0.15, 0.2) is 18.2 Å². The second-order valence-corrected chi connectivity index (χ2v) is 3.22. The molecule has 0 saturated carbocycles. The van der Waals surface area contributed by atoms with Crippen molar-refractivity contribution in [2.24, 2.45) is 0 Å². The lowest BCUT2D eigenvalue weighted by molar-refractivity contribution is 0.0950. The van der Waals surface area contributed by atoms with Crippen molar-refractivity contribution in [3.05, 3.63) is 23.8 Å². The number of hydrogen-bond acceptors (Lipinski definition) is 4. The molecule has 1 amide bonds. The molecule has 1 aromatic carbocycles. The predicted molar refractivity (Wildman–Crippen MR) is 58.7 cm³/mol. The molecule has 0 saturated heterocycles. The van der Waals surface area contributed by atoms with Crippen molar-refractivity contribution in [1.29, 1.82) is 0 Å². The zero-order valence-corrected chi connectivity index (χ0v) is 9.06. The summed E-state index contributed by atoms with van der Waals surface area (Å²) in [6.45, 7) is 0.441. The maximum absolute atomic E-state index is 11.5. The predicted octanol–water partition coefficient (Wildman–Crippen LogP) is 0.513. The first-order chi connectivity index (χ1) is 7.69. The number of phenolic OH excluding ortho intramolecular Hbond substituents is 1. The van der Waals surface area contributed by atoms with E-state index in [-0.39, 0.29) is 18.3 Å². The maximum Gasteiger partial charge on any atom is 0.251 e. The van der Waals surface area contributed by atoms with Crippen molar-refractivity contribution < 1.29 is 19.7 Å². The van der Waals surface area contributed by atoms with Crippen molar-refractivity contribution in [2.45, 2.75) is 6.42 Å². The van der Waals surface area contributed by atoms with E-state index in [2.05, 4.69) is 5.32 Å². The molecule has 0 aromatic heterocycles. The van der Waals surface area contributed by atoms with Gasteiger partial charge in [-0.2, -0.15) is 0 Å². The summed E-state index contributed by atoms with van der Waals surface area (Å²) < 4.78 is 4.86. The molecule has 0 aliphatic rings. The van der Waals surface area contributed by atoms with Crippen molar-refractivity contribution >= 4 is 5.91 Å². The van der Waals surface area contributed by atoms with Crippen LogP contribution in [-0.4, -0.2) is 36.4 Å². The Labute approximate surface area is 93.7 Å². The number of aliphatic hydroxyl groups excluding tert-OH is 1. The summed E-state index contributed by atoms with van der Waals surface area (Å²) >= 11 is 0. The number of amides is 1. The summed E-state index contributed by atoms with van der Waals surface area (Å²) in [6, 6.07) is 4.43. The lowest BCUT2D eigenvalue weighted by Gasteiger charge is -2.06. The monoisotopic (exact) mass is 225 g/mol. The number of nitrogens with one attached hydrogen (secondary N) is 1. The average Bonchev–Trinajstić information content (AvgIpc) is 2.29. The minimum atomic E-state index is -0.286. The Morgan fingerprint density at radius 3 is 2.81 bits per heavy atom. The molecule has 5 heteroatoms. The molecule has 3 N–H and O–H groups in total. The van der Waals surface area contributed by atoms with Gasteiger partial charge < -0.3 is 20.3 Å². The summed E-state index contributed by atoms with van der Waals surface area (Å²) in [5, 5.41) is 20.6. The van der Waals surface area contributed by atoms with Gasteiger partial charge in [0, 0.05) is 18.7 Å². The van der Waals surface area contributed by atoms with Crippen molar-refractivity contribution in [2.75, 3.05) is 20.3 Å².